The number of aromatic amines is 1. The van der Waals surface area contributed by atoms with Crippen molar-refractivity contribution in [1.82, 2.24) is 15.1 Å². The van der Waals surface area contributed by atoms with E-state index in [0.29, 0.717) is 19.8 Å². The van der Waals surface area contributed by atoms with Gasteiger partial charge in [-0.05, 0) is 56.9 Å². The van der Waals surface area contributed by atoms with Crippen LogP contribution in [0.2, 0.25) is 0 Å². The summed E-state index contributed by atoms with van der Waals surface area (Å²) in [6.45, 7) is 3.60. The Morgan fingerprint density at radius 3 is 2.70 bits per heavy atom. The van der Waals surface area contributed by atoms with Gasteiger partial charge in [-0.1, -0.05) is 24.3 Å². The molecule has 0 saturated carbocycles. The van der Waals surface area contributed by atoms with E-state index in [1.54, 1.807) is 6.20 Å². The van der Waals surface area contributed by atoms with Crippen molar-refractivity contribution in [2.24, 2.45) is 0 Å². The van der Waals surface area contributed by atoms with E-state index in [9.17, 15) is 0 Å². The van der Waals surface area contributed by atoms with Crippen LogP contribution in [0.15, 0.2) is 66.9 Å². The summed E-state index contributed by atoms with van der Waals surface area (Å²) in [4.78, 5) is 4.42. The van der Waals surface area contributed by atoms with Gasteiger partial charge in [-0.2, -0.15) is 5.10 Å². The Morgan fingerprint density at radius 1 is 1.03 bits per heavy atom. The van der Waals surface area contributed by atoms with Crippen LogP contribution in [0.25, 0.3) is 11.3 Å². The van der Waals surface area contributed by atoms with E-state index in [2.05, 4.69) is 53.3 Å². The molecular formula is C26H35N5O2. The Hall–Kier alpha value is -3.29. The highest BCUT2D eigenvalue weighted by Gasteiger charge is 2.08. The summed E-state index contributed by atoms with van der Waals surface area (Å²) in [6, 6.07) is 15.9. The van der Waals surface area contributed by atoms with Crippen molar-refractivity contribution in [2.75, 3.05) is 58.1 Å². The lowest BCUT2D eigenvalue weighted by atomic mass is 10.1. The molecule has 0 aliphatic heterocycles. The summed E-state index contributed by atoms with van der Waals surface area (Å²) in [5.74, 6) is 0.847. The van der Waals surface area contributed by atoms with Gasteiger partial charge in [0.25, 0.3) is 0 Å². The fourth-order valence-electron chi connectivity index (χ4n) is 3.40. The smallest absolute Gasteiger partial charge is 0.119 e. The van der Waals surface area contributed by atoms with Gasteiger partial charge in [0.1, 0.15) is 5.75 Å². The maximum absolute atomic E-state index is 6.00. The zero-order chi connectivity index (χ0) is 23.5. The molecule has 0 radical (unpaired) electrons. The van der Waals surface area contributed by atoms with Crippen LogP contribution in [0.5, 0.6) is 5.75 Å². The molecule has 0 saturated heterocycles. The predicted molar refractivity (Wildman–Crippen MR) is 136 cm³/mol. The first kappa shape index (κ1) is 24.4. The van der Waals surface area contributed by atoms with E-state index >= 15 is 0 Å². The molecule has 1 heterocycles. The lowest BCUT2D eigenvalue weighted by molar-refractivity contribution is 0.148. The van der Waals surface area contributed by atoms with Crippen LogP contribution in [0.1, 0.15) is 12.0 Å². The molecule has 2 aromatic carbocycles. The number of benzene rings is 2. The van der Waals surface area contributed by atoms with E-state index < -0.39 is 0 Å². The standard InChI is InChI=1S/C26H35N5O2/c1-30(2)14-15-31(3)26-11-10-23(27)18-22(26)20-32-16-5-4-6-17-33-24-9-7-8-21(19-24)25-12-13-28-29-25/h4-5,7-13,18-19H,6,14-17,20,27H2,1-3H3,(H,28,29)/b5-4+. The molecule has 33 heavy (non-hydrogen) atoms. The monoisotopic (exact) mass is 449 g/mol. The summed E-state index contributed by atoms with van der Waals surface area (Å²) in [5.41, 5.74) is 11.0. The quantitative estimate of drug-likeness (QED) is 0.231. The molecule has 0 amide bonds. The number of hydrogen-bond acceptors (Lipinski definition) is 6. The van der Waals surface area contributed by atoms with E-state index in [0.717, 1.165) is 53.5 Å². The average molecular weight is 450 g/mol. The van der Waals surface area contributed by atoms with Crippen LogP contribution in [-0.2, 0) is 11.3 Å². The number of hydrogen-bond donors (Lipinski definition) is 2. The highest BCUT2D eigenvalue weighted by Crippen LogP contribution is 2.23. The van der Waals surface area contributed by atoms with Crippen LogP contribution < -0.4 is 15.4 Å². The Bertz CT molecular complexity index is 1000. The Kier molecular flexibility index (Phi) is 9.35. The molecule has 0 aliphatic rings. The molecule has 0 unspecified atom stereocenters. The zero-order valence-electron chi connectivity index (χ0n) is 19.8. The van der Waals surface area contributed by atoms with Crippen molar-refractivity contribution in [3.8, 4) is 17.0 Å². The van der Waals surface area contributed by atoms with Gasteiger partial charge in [0, 0.05) is 48.8 Å². The molecule has 3 N–H and O–H groups in total. The molecule has 1 aromatic heterocycles. The third kappa shape index (κ3) is 7.97. The van der Waals surface area contributed by atoms with E-state index in [-0.39, 0.29) is 0 Å². The third-order valence-electron chi connectivity index (χ3n) is 5.23. The number of anilines is 2. The van der Waals surface area contributed by atoms with E-state index in [4.69, 9.17) is 15.2 Å². The highest BCUT2D eigenvalue weighted by molar-refractivity contribution is 5.60. The molecule has 3 rings (SSSR count). The highest BCUT2D eigenvalue weighted by atomic mass is 16.5. The fourth-order valence-corrected chi connectivity index (χ4v) is 3.40. The second-order valence-corrected chi connectivity index (χ2v) is 8.23. The summed E-state index contributed by atoms with van der Waals surface area (Å²) in [5, 5.41) is 6.96. The molecule has 0 atom stereocenters. The van der Waals surface area contributed by atoms with Crippen molar-refractivity contribution in [2.45, 2.75) is 13.0 Å². The summed E-state index contributed by atoms with van der Waals surface area (Å²) in [6.07, 6.45) is 6.68. The number of likely N-dealkylation sites (N-methyl/N-ethyl adjacent to an activating group) is 2. The number of nitrogens with zero attached hydrogens (tertiary/aromatic N) is 3. The number of nitrogens with one attached hydrogen (secondary N) is 1. The summed E-state index contributed by atoms with van der Waals surface area (Å²) >= 11 is 0. The first-order valence-electron chi connectivity index (χ1n) is 11.2. The number of aromatic nitrogens is 2. The minimum atomic E-state index is 0.522. The molecule has 0 bridgehead atoms. The minimum Gasteiger partial charge on any atom is -0.493 e. The number of ether oxygens (including phenoxy) is 2. The first-order chi connectivity index (χ1) is 16.0. The van der Waals surface area contributed by atoms with Gasteiger partial charge in [-0.15, -0.1) is 0 Å². The van der Waals surface area contributed by atoms with Crippen molar-refractivity contribution < 1.29 is 9.47 Å². The molecule has 7 heteroatoms. The van der Waals surface area contributed by atoms with E-state index in [1.165, 1.54) is 0 Å². The van der Waals surface area contributed by atoms with Gasteiger partial charge in [0.15, 0.2) is 0 Å². The molecular weight excluding hydrogens is 414 g/mol. The van der Waals surface area contributed by atoms with Crippen LogP contribution >= 0.6 is 0 Å². The first-order valence-corrected chi connectivity index (χ1v) is 11.2. The largest absolute Gasteiger partial charge is 0.493 e. The lowest BCUT2D eigenvalue weighted by Crippen LogP contribution is -2.29. The number of nitrogens with two attached hydrogens (primary N) is 1. The SMILES string of the molecule is CN(C)CCN(C)c1ccc(N)cc1COC/C=C/CCOc1cccc(-c2ccn[nH]2)c1. The zero-order valence-corrected chi connectivity index (χ0v) is 19.8. The Balaban J connectivity index is 1.39. The van der Waals surface area contributed by atoms with Gasteiger partial charge in [-0.3, -0.25) is 5.10 Å². The van der Waals surface area contributed by atoms with Crippen molar-refractivity contribution in [3.63, 3.8) is 0 Å². The van der Waals surface area contributed by atoms with Gasteiger partial charge in [0.2, 0.25) is 0 Å². The Labute approximate surface area is 196 Å². The second-order valence-electron chi connectivity index (χ2n) is 8.23. The predicted octanol–water partition coefficient (Wildman–Crippen LogP) is 4.20. The van der Waals surface area contributed by atoms with Gasteiger partial charge in [-0.25, -0.2) is 0 Å². The normalized spacial score (nSPS) is 11.4. The average Bonchev–Trinajstić information content (AvgIpc) is 3.34. The number of nitrogen functional groups attached to an aromatic ring is 1. The maximum Gasteiger partial charge on any atom is 0.119 e. The maximum atomic E-state index is 6.00. The molecule has 0 fully saturated rings. The van der Waals surface area contributed by atoms with Crippen LogP contribution in [0.4, 0.5) is 11.4 Å². The van der Waals surface area contributed by atoms with Gasteiger partial charge in [0.05, 0.1) is 25.5 Å². The second kappa shape index (κ2) is 12.7. The number of rotatable bonds is 13. The molecule has 0 spiro atoms. The van der Waals surface area contributed by atoms with Crippen LogP contribution in [0.3, 0.4) is 0 Å². The summed E-state index contributed by atoms with van der Waals surface area (Å²) in [7, 11) is 6.26. The van der Waals surface area contributed by atoms with Crippen LogP contribution in [-0.4, -0.2) is 62.5 Å². The van der Waals surface area contributed by atoms with Crippen LogP contribution in [0, 0.1) is 0 Å². The molecule has 3 aromatic rings. The Morgan fingerprint density at radius 2 is 1.91 bits per heavy atom. The molecule has 176 valence electrons. The van der Waals surface area contributed by atoms with Crippen molar-refractivity contribution in [1.29, 1.82) is 0 Å². The lowest BCUT2D eigenvalue weighted by Gasteiger charge is -2.24. The molecule has 0 aliphatic carbocycles. The number of H-pyrrole nitrogens is 1. The fraction of sp³-hybridized carbons (Fsp3) is 0.346. The van der Waals surface area contributed by atoms with Gasteiger partial charge >= 0.3 is 0 Å². The third-order valence-corrected chi connectivity index (χ3v) is 5.23. The van der Waals surface area contributed by atoms with Crippen molar-refractivity contribution >= 4 is 11.4 Å². The molecule has 7 nitrogen and oxygen atoms in total. The topological polar surface area (TPSA) is 79.6 Å². The summed E-state index contributed by atoms with van der Waals surface area (Å²) < 4.78 is 11.7. The van der Waals surface area contributed by atoms with Gasteiger partial charge < -0.3 is 25.0 Å². The van der Waals surface area contributed by atoms with E-state index in [1.807, 2.05) is 48.5 Å². The minimum absolute atomic E-state index is 0.522. The van der Waals surface area contributed by atoms with Crippen molar-refractivity contribution in [3.05, 3.63) is 72.4 Å².